The lowest BCUT2D eigenvalue weighted by atomic mass is 9.89. The van der Waals surface area contributed by atoms with E-state index in [0.717, 1.165) is 11.6 Å². The van der Waals surface area contributed by atoms with E-state index >= 15 is 0 Å². The van der Waals surface area contributed by atoms with Gasteiger partial charge < -0.3 is 10.5 Å². The Morgan fingerprint density at radius 1 is 0.775 bits per heavy atom. The number of halogens is 6. The highest BCUT2D eigenvalue weighted by Crippen LogP contribution is 2.40. The van der Waals surface area contributed by atoms with E-state index in [4.69, 9.17) is 5.73 Å². The highest BCUT2D eigenvalue weighted by molar-refractivity contribution is 5.98. The number of hydrogen-bond donors (Lipinski definition) is 1. The lowest BCUT2D eigenvalue weighted by Crippen LogP contribution is -2.20. The Labute approximate surface area is 225 Å². The molecule has 0 aliphatic rings. The summed E-state index contributed by atoms with van der Waals surface area (Å²) in [5.74, 6) is -0.429. The van der Waals surface area contributed by atoms with Gasteiger partial charge in [-0.15, -0.1) is 13.2 Å². The molecule has 1 aromatic heterocycles. The zero-order valence-corrected chi connectivity index (χ0v) is 20.8. The third-order valence-electron chi connectivity index (χ3n) is 6.53. The third kappa shape index (κ3) is 5.79. The van der Waals surface area contributed by atoms with Gasteiger partial charge in [0.25, 0.3) is 0 Å². The Morgan fingerprint density at radius 3 is 2.20 bits per heavy atom. The third-order valence-corrected chi connectivity index (χ3v) is 6.53. The zero-order valence-electron chi connectivity index (χ0n) is 20.8. The van der Waals surface area contributed by atoms with Crippen molar-refractivity contribution in [3.05, 3.63) is 131 Å². The van der Waals surface area contributed by atoms with E-state index in [1.807, 2.05) is 30.3 Å². The van der Waals surface area contributed by atoms with E-state index in [1.165, 1.54) is 30.5 Å². The molecule has 0 aliphatic carbocycles. The molecule has 9 heteroatoms. The number of ether oxygens (including phenoxy) is 1. The maximum atomic E-state index is 13.9. The van der Waals surface area contributed by atoms with Crippen molar-refractivity contribution in [1.29, 1.82) is 0 Å². The molecule has 0 aliphatic heterocycles. The van der Waals surface area contributed by atoms with E-state index in [2.05, 4.69) is 9.72 Å². The van der Waals surface area contributed by atoms with Crippen LogP contribution in [0.4, 0.5) is 26.3 Å². The zero-order chi connectivity index (χ0) is 28.5. The lowest BCUT2D eigenvalue weighted by Gasteiger charge is -2.20. The lowest BCUT2D eigenvalue weighted by molar-refractivity contribution is -0.274. The first-order chi connectivity index (χ1) is 19.0. The fourth-order valence-electron chi connectivity index (χ4n) is 4.81. The Balaban J connectivity index is 1.67. The smallest absolute Gasteiger partial charge is 0.405 e. The largest absolute Gasteiger partial charge is 0.573 e. The second kappa shape index (κ2) is 10.7. The quantitative estimate of drug-likeness (QED) is 0.215. The van der Waals surface area contributed by atoms with Crippen molar-refractivity contribution in [2.75, 3.05) is 0 Å². The number of rotatable bonds is 6. The molecule has 0 fully saturated rings. The summed E-state index contributed by atoms with van der Waals surface area (Å²) >= 11 is 0. The van der Waals surface area contributed by atoms with Crippen LogP contribution >= 0.6 is 0 Å². The average molecular weight is 553 g/mol. The van der Waals surface area contributed by atoms with Gasteiger partial charge in [0.2, 0.25) is 0 Å². The van der Waals surface area contributed by atoms with Gasteiger partial charge in [-0.3, -0.25) is 4.98 Å². The highest BCUT2D eigenvalue weighted by atomic mass is 19.4. The van der Waals surface area contributed by atoms with Crippen molar-refractivity contribution in [2.24, 2.45) is 5.73 Å². The van der Waals surface area contributed by atoms with Crippen LogP contribution < -0.4 is 10.5 Å². The van der Waals surface area contributed by atoms with Crippen LogP contribution in [0.2, 0.25) is 0 Å². The Hall–Kier alpha value is -4.37. The minimum Gasteiger partial charge on any atom is -0.405 e. The minimum absolute atomic E-state index is 0.112. The van der Waals surface area contributed by atoms with E-state index < -0.39 is 29.9 Å². The Kier molecular flexibility index (Phi) is 7.25. The van der Waals surface area contributed by atoms with Crippen LogP contribution in [0.1, 0.15) is 33.9 Å². The fraction of sp³-hybridized carbons (Fsp3) is 0.129. The number of alkyl halides is 6. The second-order valence-electron chi connectivity index (χ2n) is 9.21. The molecule has 0 spiro atoms. The molecule has 40 heavy (non-hydrogen) atoms. The molecule has 1 unspecified atom stereocenters. The molecule has 5 rings (SSSR count). The highest BCUT2D eigenvalue weighted by Gasteiger charge is 2.34. The second-order valence-corrected chi connectivity index (χ2v) is 9.21. The summed E-state index contributed by atoms with van der Waals surface area (Å²) in [6, 6.07) is 24.6. The first-order valence-electron chi connectivity index (χ1n) is 12.2. The standard InChI is InChI=1S/C31H22F6N2O/c32-30(33,34)25-14-7-13-24-27(22(18-39-29(24)25)16-19-8-2-1-3-9-19)20-10-6-11-21(17-20)28(38)23-12-4-5-15-26(23)40-31(35,36)37/h1-15,17-18,28H,16,38H2. The number of benzene rings is 4. The number of aromatic nitrogens is 1. The van der Waals surface area contributed by atoms with Crippen LogP contribution in [0.15, 0.2) is 103 Å². The number of nitrogens with zero attached hydrogens (tertiary/aromatic N) is 1. The van der Waals surface area contributed by atoms with Crippen LogP contribution in [0.5, 0.6) is 5.75 Å². The number of pyridine rings is 1. The monoisotopic (exact) mass is 552 g/mol. The molecule has 0 saturated heterocycles. The molecule has 0 saturated carbocycles. The Morgan fingerprint density at radius 2 is 1.48 bits per heavy atom. The van der Waals surface area contributed by atoms with Gasteiger partial charge in [0.1, 0.15) is 5.75 Å². The number of nitrogens with two attached hydrogens (primary N) is 1. The van der Waals surface area contributed by atoms with Gasteiger partial charge >= 0.3 is 12.5 Å². The van der Waals surface area contributed by atoms with Crippen molar-refractivity contribution in [3.63, 3.8) is 0 Å². The van der Waals surface area contributed by atoms with Crippen LogP contribution in [0.3, 0.4) is 0 Å². The summed E-state index contributed by atoms with van der Waals surface area (Å²) in [4.78, 5) is 4.21. The van der Waals surface area contributed by atoms with Gasteiger partial charge in [-0.25, -0.2) is 0 Å². The topological polar surface area (TPSA) is 48.1 Å². The summed E-state index contributed by atoms with van der Waals surface area (Å²) in [5.41, 5.74) is 8.66. The van der Waals surface area contributed by atoms with Crippen molar-refractivity contribution < 1.29 is 31.1 Å². The molecule has 0 amide bonds. The fourth-order valence-corrected chi connectivity index (χ4v) is 4.81. The molecule has 3 nitrogen and oxygen atoms in total. The van der Waals surface area contributed by atoms with Crippen LogP contribution in [0.25, 0.3) is 22.0 Å². The van der Waals surface area contributed by atoms with Crippen LogP contribution in [-0.4, -0.2) is 11.3 Å². The van der Waals surface area contributed by atoms with E-state index in [-0.39, 0.29) is 11.1 Å². The average Bonchev–Trinajstić information content (AvgIpc) is 2.92. The molecule has 1 heterocycles. The van der Waals surface area contributed by atoms with E-state index in [1.54, 1.807) is 36.4 Å². The Bertz CT molecular complexity index is 1650. The molecule has 4 aromatic carbocycles. The maximum Gasteiger partial charge on any atom is 0.573 e. The molecule has 5 aromatic rings. The van der Waals surface area contributed by atoms with E-state index in [0.29, 0.717) is 34.1 Å². The molecule has 1 atom stereocenters. The normalized spacial score (nSPS) is 12.9. The number of para-hydroxylation sites is 2. The summed E-state index contributed by atoms with van der Waals surface area (Å²) < 4.78 is 84.8. The van der Waals surface area contributed by atoms with Gasteiger partial charge in [0.15, 0.2) is 0 Å². The molecule has 204 valence electrons. The van der Waals surface area contributed by atoms with Crippen molar-refractivity contribution in [3.8, 4) is 16.9 Å². The molecule has 0 radical (unpaired) electrons. The van der Waals surface area contributed by atoms with Gasteiger partial charge in [0, 0.05) is 17.1 Å². The maximum absolute atomic E-state index is 13.9. The van der Waals surface area contributed by atoms with Gasteiger partial charge in [-0.1, -0.05) is 78.9 Å². The van der Waals surface area contributed by atoms with E-state index in [9.17, 15) is 26.3 Å². The van der Waals surface area contributed by atoms with Crippen molar-refractivity contribution >= 4 is 10.9 Å². The molecular weight excluding hydrogens is 530 g/mol. The molecule has 0 bridgehead atoms. The first-order valence-corrected chi connectivity index (χ1v) is 12.2. The molecular formula is C31H22F6N2O. The van der Waals surface area contributed by atoms with Gasteiger partial charge in [0.05, 0.1) is 17.1 Å². The summed E-state index contributed by atoms with van der Waals surface area (Å²) in [5, 5.41) is 0.301. The first kappa shape index (κ1) is 27.2. The van der Waals surface area contributed by atoms with Gasteiger partial charge in [-0.2, -0.15) is 13.2 Å². The van der Waals surface area contributed by atoms with Crippen molar-refractivity contribution in [2.45, 2.75) is 25.0 Å². The minimum atomic E-state index is -4.91. The number of fused-ring (bicyclic) bond motifs is 1. The van der Waals surface area contributed by atoms with Crippen LogP contribution in [-0.2, 0) is 12.6 Å². The number of hydrogen-bond acceptors (Lipinski definition) is 3. The predicted molar refractivity (Wildman–Crippen MR) is 141 cm³/mol. The summed E-state index contributed by atoms with van der Waals surface area (Å²) in [6.45, 7) is 0. The molecule has 2 N–H and O–H groups in total. The van der Waals surface area contributed by atoms with Crippen molar-refractivity contribution in [1.82, 2.24) is 4.98 Å². The summed E-state index contributed by atoms with van der Waals surface area (Å²) in [6.07, 6.45) is -7.68. The SMILES string of the molecule is NC(c1cccc(-c2c(Cc3ccccc3)cnc3c(C(F)(F)F)cccc23)c1)c1ccccc1OC(F)(F)F. The van der Waals surface area contributed by atoms with Gasteiger partial charge in [-0.05, 0) is 52.4 Å². The van der Waals surface area contributed by atoms with Crippen LogP contribution in [0, 0.1) is 0 Å². The summed E-state index contributed by atoms with van der Waals surface area (Å²) in [7, 11) is 0. The predicted octanol–water partition coefficient (Wildman–Crippen LogP) is 8.46.